The number of benzene rings is 2. The van der Waals surface area contributed by atoms with E-state index < -0.39 is 0 Å². The van der Waals surface area contributed by atoms with E-state index in [1.54, 1.807) is 9.58 Å². The number of aromatic nitrogens is 2. The van der Waals surface area contributed by atoms with Crippen LogP contribution in [0.5, 0.6) is 0 Å². The fraction of sp³-hybridized carbons (Fsp3) is 0.346. The van der Waals surface area contributed by atoms with Crippen molar-refractivity contribution in [3.63, 3.8) is 0 Å². The van der Waals surface area contributed by atoms with Crippen LogP contribution in [0.2, 0.25) is 0 Å². The smallest absolute Gasteiger partial charge is 0.245 e. The van der Waals surface area contributed by atoms with E-state index >= 15 is 0 Å². The number of hydrogen-bond donors (Lipinski definition) is 1. The highest BCUT2D eigenvalue weighted by Gasteiger charge is 2.23. The van der Waals surface area contributed by atoms with Crippen molar-refractivity contribution in [1.29, 1.82) is 0 Å². The monoisotopic (exact) mass is 432 g/mol. The Morgan fingerprint density at radius 1 is 1.03 bits per heavy atom. The van der Waals surface area contributed by atoms with Crippen LogP contribution >= 0.6 is 0 Å². The Bertz CT molecular complexity index is 1090. The molecule has 1 aromatic heterocycles. The fourth-order valence-electron chi connectivity index (χ4n) is 3.82. The Balaban J connectivity index is 2.03. The van der Waals surface area contributed by atoms with E-state index in [9.17, 15) is 9.59 Å². The van der Waals surface area contributed by atoms with Crippen LogP contribution in [0.1, 0.15) is 38.4 Å². The first-order valence-corrected chi connectivity index (χ1v) is 11.1. The highest BCUT2D eigenvalue weighted by molar-refractivity contribution is 5.98. The first-order valence-electron chi connectivity index (χ1n) is 11.1. The standard InChI is InChI=1S/C26H32N4O2/c1-6-16-29(26(32)18(2)3)17-23(31)27-25-24(21-13-8-7-9-14-21)20(5)28-30(25)22-15-11-10-12-19(22)4/h7-15,18H,6,16-17H2,1-5H3,(H,27,31). The van der Waals surface area contributed by atoms with Crippen molar-refractivity contribution in [1.82, 2.24) is 14.7 Å². The molecule has 0 aliphatic rings. The molecule has 0 aliphatic carbocycles. The van der Waals surface area contributed by atoms with Crippen molar-refractivity contribution in [3.8, 4) is 16.8 Å². The first kappa shape index (κ1) is 23.3. The first-order chi connectivity index (χ1) is 15.3. The molecular weight excluding hydrogens is 400 g/mol. The summed E-state index contributed by atoms with van der Waals surface area (Å²) in [6.07, 6.45) is 0.793. The van der Waals surface area contributed by atoms with Crippen molar-refractivity contribution in [2.75, 3.05) is 18.4 Å². The second-order valence-electron chi connectivity index (χ2n) is 8.34. The van der Waals surface area contributed by atoms with Gasteiger partial charge in [-0.3, -0.25) is 9.59 Å². The molecule has 32 heavy (non-hydrogen) atoms. The van der Waals surface area contributed by atoms with Crippen LogP contribution in [0.3, 0.4) is 0 Å². The summed E-state index contributed by atoms with van der Waals surface area (Å²) in [5, 5.41) is 7.85. The third-order valence-corrected chi connectivity index (χ3v) is 5.36. The SMILES string of the molecule is CCCN(CC(=O)Nc1c(-c2ccccc2)c(C)nn1-c1ccccc1C)C(=O)C(C)C. The van der Waals surface area contributed by atoms with Gasteiger partial charge in [-0.1, -0.05) is 69.3 Å². The lowest BCUT2D eigenvalue weighted by Crippen LogP contribution is -2.40. The van der Waals surface area contributed by atoms with Crippen LogP contribution in [0.25, 0.3) is 16.8 Å². The molecule has 0 aliphatic heterocycles. The van der Waals surface area contributed by atoms with Crippen molar-refractivity contribution in [2.45, 2.75) is 41.0 Å². The Hall–Kier alpha value is -3.41. The maximum atomic E-state index is 13.1. The van der Waals surface area contributed by atoms with Gasteiger partial charge in [-0.05, 0) is 37.5 Å². The van der Waals surface area contributed by atoms with Gasteiger partial charge in [0.2, 0.25) is 11.8 Å². The molecule has 0 radical (unpaired) electrons. The van der Waals surface area contributed by atoms with Crippen LogP contribution in [0.15, 0.2) is 54.6 Å². The van der Waals surface area contributed by atoms with Crippen molar-refractivity contribution in [3.05, 3.63) is 65.9 Å². The second kappa shape index (κ2) is 10.3. The van der Waals surface area contributed by atoms with Crippen LogP contribution in [-0.2, 0) is 9.59 Å². The van der Waals surface area contributed by atoms with Gasteiger partial charge >= 0.3 is 0 Å². The normalized spacial score (nSPS) is 10.9. The zero-order valence-corrected chi connectivity index (χ0v) is 19.6. The molecule has 0 bridgehead atoms. The van der Waals surface area contributed by atoms with Gasteiger partial charge in [-0.15, -0.1) is 0 Å². The number of carbonyl (C=O) groups excluding carboxylic acids is 2. The molecule has 0 saturated heterocycles. The minimum absolute atomic E-state index is 0.0110. The quantitative estimate of drug-likeness (QED) is 0.545. The van der Waals surface area contributed by atoms with Gasteiger partial charge in [0.15, 0.2) is 0 Å². The molecule has 2 aromatic carbocycles. The third kappa shape index (κ3) is 5.07. The number of nitrogens with zero attached hydrogens (tertiary/aromatic N) is 3. The summed E-state index contributed by atoms with van der Waals surface area (Å²) in [7, 11) is 0. The van der Waals surface area contributed by atoms with E-state index in [0.717, 1.165) is 34.5 Å². The topological polar surface area (TPSA) is 67.2 Å². The van der Waals surface area contributed by atoms with Crippen molar-refractivity contribution >= 4 is 17.6 Å². The molecule has 1 N–H and O–H groups in total. The van der Waals surface area contributed by atoms with Gasteiger partial charge in [0.25, 0.3) is 0 Å². The lowest BCUT2D eigenvalue weighted by molar-refractivity contribution is -0.137. The van der Waals surface area contributed by atoms with Gasteiger partial charge in [0.05, 0.1) is 17.9 Å². The minimum Gasteiger partial charge on any atom is -0.333 e. The molecule has 3 rings (SSSR count). The molecule has 2 amide bonds. The zero-order valence-electron chi connectivity index (χ0n) is 19.6. The number of aryl methyl sites for hydroxylation is 2. The molecule has 6 heteroatoms. The molecule has 168 valence electrons. The lowest BCUT2D eigenvalue weighted by atomic mass is 10.1. The number of anilines is 1. The number of hydrogen-bond acceptors (Lipinski definition) is 3. The fourth-order valence-corrected chi connectivity index (χ4v) is 3.82. The van der Waals surface area contributed by atoms with Crippen LogP contribution in [0, 0.1) is 19.8 Å². The summed E-state index contributed by atoms with van der Waals surface area (Å²) >= 11 is 0. The second-order valence-corrected chi connectivity index (χ2v) is 8.34. The zero-order chi connectivity index (χ0) is 23.3. The summed E-state index contributed by atoms with van der Waals surface area (Å²) in [4.78, 5) is 27.3. The molecule has 6 nitrogen and oxygen atoms in total. The highest BCUT2D eigenvalue weighted by atomic mass is 16.2. The molecule has 0 unspecified atom stereocenters. The van der Waals surface area contributed by atoms with E-state index in [-0.39, 0.29) is 24.3 Å². The van der Waals surface area contributed by atoms with Gasteiger partial charge in [-0.2, -0.15) is 5.10 Å². The van der Waals surface area contributed by atoms with Crippen LogP contribution in [-0.4, -0.2) is 39.6 Å². The largest absolute Gasteiger partial charge is 0.333 e. The Labute approximate surface area is 190 Å². The van der Waals surface area contributed by atoms with Crippen molar-refractivity contribution in [2.24, 2.45) is 5.92 Å². The molecular formula is C26H32N4O2. The molecule has 0 atom stereocenters. The summed E-state index contributed by atoms with van der Waals surface area (Å²) in [5.41, 5.74) is 4.62. The average molecular weight is 433 g/mol. The lowest BCUT2D eigenvalue weighted by Gasteiger charge is -2.23. The van der Waals surface area contributed by atoms with Crippen molar-refractivity contribution < 1.29 is 9.59 Å². The molecule has 3 aromatic rings. The summed E-state index contributed by atoms with van der Waals surface area (Å²) in [5.74, 6) is 0.198. The number of amides is 2. The van der Waals surface area contributed by atoms with E-state index in [4.69, 9.17) is 5.10 Å². The number of nitrogens with one attached hydrogen (secondary N) is 1. The number of para-hydroxylation sites is 1. The van der Waals surface area contributed by atoms with E-state index in [2.05, 4.69) is 5.32 Å². The summed E-state index contributed by atoms with van der Waals surface area (Å²) in [6.45, 7) is 10.2. The summed E-state index contributed by atoms with van der Waals surface area (Å²) in [6, 6.07) is 17.8. The Morgan fingerprint density at radius 2 is 1.69 bits per heavy atom. The molecule has 1 heterocycles. The maximum Gasteiger partial charge on any atom is 0.245 e. The van der Waals surface area contributed by atoms with E-state index in [1.807, 2.05) is 89.2 Å². The van der Waals surface area contributed by atoms with E-state index in [1.165, 1.54) is 0 Å². The molecule has 0 saturated carbocycles. The van der Waals surface area contributed by atoms with Gasteiger partial charge in [0, 0.05) is 18.0 Å². The van der Waals surface area contributed by atoms with Crippen LogP contribution < -0.4 is 5.32 Å². The van der Waals surface area contributed by atoms with Gasteiger partial charge < -0.3 is 10.2 Å². The van der Waals surface area contributed by atoms with Crippen LogP contribution in [0.4, 0.5) is 5.82 Å². The predicted octanol–water partition coefficient (Wildman–Crippen LogP) is 4.99. The maximum absolute atomic E-state index is 13.1. The predicted molar refractivity (Wildman–Crippen MR) is 129 cm³/mol. The Kier molecular flexibility index (Phi) is 7.46. The Morgan fingerprint density at radius 3 is 2.31 bits per heavy atom. The minimum atomic E-state index is -0.237. The van der Waals surface area contributed by atoms with Gasteiger partial charge in [-0.25, -0.2) is 4.68 Å². The number of rotatable bonds is 8. The molecule has 0 fully saturated rings. The van der Waals surface area contributed by atoms with Gasteiger partial charge in [0.1, 0.15) is 5.82 Å². The van der Waals surface area contributed by atoms with E-state index in [0.29, 0.717) is 12.4 Å². The highest BCUT2D eigenvalue weighted by Crippen LogP contribution is 2.34. The average Bonchev–Trinajstić information content (AvgIpc) is 3.09. The summed E-state index contributed by atoms with van der Waals surface area (Å²) < 4.78 is 1.79. The third-order valence-electron chi connectivity index (χ3n) is 5.36. The molecule has 0 spiro atoms. The number of carbonyl (C=O) groups is 2.